The molecular formula is C42H36F6I2N2O9S4. The second-order valence-electron chi connectivity index (χ2n) is 14.1. The van der Waals surface area contributed by atoms with Crippen LogP contribution in [0.2, 0.25) is 0 Å². The fourth-order valence-corrected chi connectivity index (χ4v) is 36.3. The van der Waals surface area contributed by atoms with E-state index in [1.54, 1.807) is 27.7 Å². The maximum atomic E-state index is 15.1. The molecule has 348 valence electrons. The normalized spacial score (nSPS) is 13.5. The fourth-order valence-electron chi connectivity index (χ4n) is 5.58. The van der Waals surface area contributed by atoms with E-state index in [0.717, 1.165) is 72.8 Å². The van der Waals surface area contributed by atoms with Crippen molar-refractivity contribution in [2.75, 3.05) is 0 Å². The molecule has 0 spiro atoms. The minimum atomic E-state index is -5.46. The number of aryl methyl sites for hydroxylation is 4. The van der Waals surface area contributed by atoms with Gasteiger partial charge in [0.05, 0.1) is 0 Å². The molecule has 0 radical (unpaired) electrons. The monoisotopic (exact) mass is 1210 g/mol. The van der Waals surface area contributed by atoms with Gasteiger partial charge in [0.1, 0.15) is 0 Å². The predicted molar refractivity (Wildman–Crippen MR) is 247 cm³/mol. The molecule has 0 amide bonds. The number of rotatable bonds is 14. The molecule has 11 nitrogen and oxygen atoms in total. The van der Waals surface area contributed by atoms with Crippen molar-refractivity contribution in [2.45, 2.75) is 59.6 Å². The molecule has 0 aromatic heterocycles. The number of sulfonamides is 4. The topological polar surface area (TPSA) is 152 Å². The molecule has 0 N–H and O–H groups in total. The number of nitrogens with zero attached hydrogens (tertiary/aromatic N) is 2. The van der Waals surface area contributed by atoms with Gasteiger partial charge < -0.3 is 0 Å². The van der Waals surface area contributed by atoms with E-state index in [-0.39, 0.29) is 3.85 Å². The van der Waals surface area contributed by atoms with Crippen LogP contribution in [0.1, 0.15) is 33.4 Å². The molecule has 0 aliphatic carbocycles. The van der Waals surface area contributed by atoms with Crippen LogP contribution in [0, 0.1) is 34.8 Å². The van der Waals surface area contributed by atoms with E-state index in [0.29, 0.717) is 46.5 Å². The summed E-state index contributed by atoms with van der Waals surface area (Å²) < 4.78 is 210. The first-order chi connectivity index (χ1) is 30.1. The number of hydrogen-bond acceptors (Lipinski definition) is 9. The molecule has 65 heavy (non-hydrogen) atoms. The van der Waals surface area contributed by atoms with Gasteiger partial charge in [-0.15, -0.1) is 0 Å². The summed E-state index contributed by atoms with van der Waals surface area (Å²) >= 11 is -10.6. The molecule has 0 atom stereocenters. The van der Waals surface area contributed by atoms with E-state index >= 15 is 33.7 Å². The van der Waals surface area contributed by atoms with Crippen LogP contribution < -0.4 is 0 Å². The van der Waals surface area contributed by atoms with E-state index < -0.39 is 131 Å². The SMILES string of the molecule is Cc1ccc(S(=O)(=O)N(I(OI(c2ccc(C(F)(F)F)cc2)N(S(=O)(=O)c2ccc(C)cc2)S(=O)(=O)c2ccc(C)cc2)c2ccc(C(F)(F)F)cc2)S(=O)(=O)c2ccc(C)cc2)cc1. The van der Waals surface area contributed by atoms with Gasteiger partial charge in [-0.2, -0.15) is 0 Å². The number of alkyl halides is 6. The Morgan fingerprint density at radius 1 is 0.354 bits per heavy atom. The van der Waals surface area contributed by atoms with Crippen molar-refractivity contribution in [1.82, 2.24) is 3.85 Å². The van der Waals surface area contributed by atoms with Crippen LogP contribution in [0.3, 0.4) is 0 Å². The van der Waals surface area contributed by atoms with Crippen LogP contribution in [-0.4, -0.2) is 37.5 Å². The molecule has 0 saturated heterocycles. The molecule has 6 rings (SSSR count). The van der Waals surface area contributed by atoms with Crippen molar-refractivity contribution < 1.29 is 61.4 Å². The molecular weight excluding hydrogens is 1170 g/mol. The summed E-state index contributed by atoms with van der Waals surface area (Å²) in [5, 5.41) is 0. The molecule has 6 aromatic rings. The summed E-state index contributed by atoms with van der Waals surface area (Å²) in [6.07, 6.45) is -9.94. The van der Waals surface area contributed by atoms with Gasteiger partial charge in [0.2, 0.25) is 0 Å². The molecule has 0 saturated carbocycles. The van der Waals surface area contributed by atoms with Crippen molar-refractivity contribution in [3.05, 3.63) is 186 Å². The van der Waals surface area contributed by atoms with Crippen LogP contribution in [0.4, 0.5) is 26.3 Å². The van der Waals surface area contributed by atoms with Gasteiger partial charge in [-0.1, -0.05) is 0 Å². The summed E-state index contributed by atoms with van der Waals surface area (Å²) in [6.45, 7) is 6.39. The van der Waals surface area contributed by atoms with E-state index in [2.05, 4.69) is 0 Å². The molecule has 0 fully saturated rings. The van der Waals surface area contributed by atoms with Crippen molar-refractivity contribution in [2.24, 2.45) is 0 Å². The van der Waals surface area contributed by atoms with Crippen LogP contribution >= 0.6 is 41.0 Å². The Labute approximate surface area is 388 Å². The Morgan fingerprint density at radius 3 is 0.738 bits per heavy atom. The standard InChI is InChI=1S/C42H36F6I2N2O9S4/c1-29-5-21-37(22-6-29)62(53,54)51(63(55,56)38-23-7-30(2)8-24-38)49(35-17-13-33(14-18-35)41(43,44)45)61-50(36-19-15-34(16-20-36)42(46,47)48)52(64(57,58)39-25-9-31(3)10-26-39)65(59,60)40-27-11-32(4)12-28-40/h5-28H,1-4H3. The third-order valence-electron chi connectivity index (χ3n) is 9.11. The van der Waals surface area contributed by atoms with Crippen LogP contribution in [0.5, 0.6) is 0 Å². The Bertz CT molecular complexity index is 2760. The van der Waals surface area contributed by atoms with Crippen molar-refractivity contribution in [1.29, 1.82) is 0 Å². The summed E-state index contributed by atoms with van der Waals surface area (Å²) in [5.41, 5.74) is -0.425. The van der Waals surface area contributed by atoms with E-state index in [1.807, 2.05) is 0 Å². The molecule has 0 aliphatic rings. The Hall–Kier alpha value is -3.96. The molecule has 0 unspecified atom stereocenters. The predicted octanol–water partition coefficient (Wildman–Crippen LogP) is 10.8. The second kappa shape index (κ2) is 19.0. The van der Waals surface area contributed by atoms with Crippen LogP contribution in [0.15, 0.2) is 165 Å². The van der Waals surface area contributed by atoms with Gasteiger partial charge in [-0.25, -0.2) is 0 Å². The zero-order valence-corrected chi connectivity index (χ0v) is 41.7. The molecule has 0 aliphatic heterocycles. The van der Waals surface area contributed by atoms with E-state index in [4.69, 9.17) is 1.40 Å². The molecule has 23 heteroatoms. The molecule has 0 bridgehead atoms. The maximum absolute atomic E-state index is 15.1. The van der Waals surface area contributed by atoms with Gasteiger partial charge in [-0.05, 0) is 0 Å². The third kappa shape index (κ3) is 10.9. The average Bonchev–Trinajstić information content (AvgIpc) is 3.23. The van der Waals surface area contributed by atoms with Gasteiger partial charge >= 0.3 is 392 Å². The van der Waals surface area contributed by atoms with E-state index in [1.165, 1.54) is 48.5 Å². The van der Waals surface area contributed by atoms with Crippen LogP contribution in [0.25, 0.3) is 0 Å². The minimum absolute atomic E-state index is 0.0500. The second-order valence-corrected chi connectivity index (χ2v) is 34.0. The third-order valence-corrected chi connectivity index (χ3v) is 35.9. The summed E-state index contributed by atoms with van der Waals surface area (Å²) in [6, 6.07) is 23.9. The Morgan fingerprint density at radius 2 is 0.554 bits per heavy atom. The van der Waals surface area contributed by atoms with Crippen molar-refractivity contribution in [3.8, 4) is 0 Å². The fraction of sp³-hybridized carbons (Fsp3) is 0.143. The molecule has 0 heterocycles. The first kappa shape index (κ1) is 50.5. The van der Waals surface area contributed by atoms with Gasteiger partial charge in [0.15, 0.2) is 0 Å². The van der Waals surface area contributed by atoms with Gasteiger partial charge in [0, 0.05) is 0 Å². The Kier molecular flexibility index (Phi) is 14.7. The average molecular weight is 1210 g/mol. The quantitative estimate of drug-likeness (QED) is 0.0589. The summed E-state index contributed by atoms with van der Waals surface area (Å²) in [5.74, 6) is 0. The first-order valence-corrected chi connectivity index (χ1v) is 30.1. The van der Waals surface area contributed by atoms with Crippen LogP contribution in [-0.2, 0) is 53.8 Å². The Balaban J connectivity index is 1.76. The summed E-state index contributed by atoms with van der Waals surface area (Å²) in [4.78, 5) is -2.66. The first-order valence-electron chi connectivity index (χ1n) is 18.5. The number of hydrogen-bond donors (Lipinski definition) is 0. The summed E-state index contributed by atoms with van der Waals surface area (Å²) in [7, 11) is -21.8. The van der Waals surface area contributed by atoms with Crippen molar-refractivity contribution in [3.63, 3.8) is 0 Å². The van der Waals surface area contributed by atoms with E-state index in [9.17, 15) is 26.3 Å². The van der Waals surface area contributed by atoms with Crippen molar-refractivity contribution >= 4 is 81.1 Å². The molecule has 6 aromatic carbocycles. The number of halogens is 8. The number of benzene rings is 6. The van der Waals surface area contributed by atoms with Gasteiger partial charge in [0.25, 0.3) is 0 Å². The van der Waals surface area contributed by atoms with Gasteiger partial charge in [-0.3, -0.25) is 0 Å². The zero-order chi connectivity index (χ0) is 47.9. The zero-order valence-electron chi connectivity index (χ0n) is 34.1.